The number of aliphatic carboxylic acids is 2. The Morgan fingerprint density at radius 1 is 1.29 bits per heavy atom. The first-order valence-corrected chi connectivity index (χ1v) is 5.25. The van der Waals surface area contributed by atoms with E-state index in [-0.39, 0.29) is 0 Å². The Kier molecular flexibility index (Phi) is 4.99. The zero-order valence-electron chi connectivity index (χ0n) is 9.18. The number of nitrogens with one attached hydrogen (secondary N) is 1. The Labute approximate surface area is 97.8 Å². The largest absolute Gasteiger partial charge is 0.478 e. The van der Waals surface area contributed by atoms with Crippen LogP contribution in [0.2, 0.25) is 0 Å². The van der Waals surface area contributed by atoms with Crippen LogP contribution in [0.25, 0.3) is 0 Å². The van der Waals surface area contributed by atoms with E-state index in [9.17, 15) is 9.59 Å². The van der Waals surface area contributed by atoms with Gasteiger partial charge in [0.15, 0.2) is 0 Å². The fourth-order valence-electron chi connectivity index (χ4n) is 1.34. The third kappa shape index (κ3) is 5.01. The fraction of sp³-hybridized carbons (Fsp3) is 0.500. The fourth-order valence-corrected chi connectivity index (χ4v) is 1.34. The molecule has 94 valence electrons. The lowest BCUT2D eigenvalue weighted by Crippen LogP contribution is -2.22. The lowest BCUT2D eigenvalue weighted by Gasteiger charge is -2.04. The first-order chi connectivity index (χ1) is 8.09. The average Bonchev–Trinajstić information content (AvgIpc) is 2.51. The van der Waals surface area contributed by atoms with E-state index in [0.29, 0.717) is 18.3 Å². The Hall–Kier alpha value is -2.05. The van der Waals surface area contributed by atoms with E-state index >= 15 is 0 Å². The number of hydrogen-bond acceptors (Lipinski definition) is 4. The Bertz CT molecular complexity index is 352. The van der Waals surface area contributed by atoms with Crippen LogP contribution in [0.15, 0.2) is 17.0 Å². The van der Waals surface area contributed by atoms with Crippen molar-refractivity contribution in [2.45, 2.75) is 25.7 Å². The van der Waals surface area contributed by atoms with E-state index in [1.807, 2.05) is 0 Å². The summed E-state index contributed by atoms with van der Waals surface area (Å²) >= 11 is 0. The zero-order chi connectivity index (χ0) is 12.7. The van der Waals surface area contributed by atoms with Gasteiger partial charge in [-0.05, 0) is 12.8 Å². The second-order valence-electron chi connectivity index (χ2n) is 3.52. The molecule has 1 saturated heterocycles. The third-order valence-corrected chi connectivity index (χ3v) is 2.14. The quantitative estimate of drug-likeness (QED) is 0.377. The SMILES string of the molecule is O=C(O)/C=C(/O/N=C1/CCCCCN1)C(=O)O. The average molecular weight is 242 g/mol. The Balaban J connectivity index is 2.64. The minimum atomic E-state index is -1.47. The van der Waals surface area contributed by atoms with Crippen molar-refractivity contribution in [3.63, 3.8) is 0 Å². The van der Waals surface area contributed by atoms with Crippen molar-refractivity contribution in [3.8, 4) is 0 Å². The third-order valence-electron chi connectivity index (χ3n) is 2.14. The standard InChI is InChI=1S/C10H14N2O5/c13-9(14)6-7(10(15)16)17-12-8-4-2-1-3-5-11-8/h6H,1-5H2,(H,11,12)(H,13,14)(H,15,16)/b7-6+. The van der Waals surface area contributed by atoms with Crippen LogP contribution < -0.4 is 5.32 Å². The van der Waals surface area contributed by atoms with Crippen molar-refractivity contribution in [1.82, 2.24) is 5.32 Å². The van der Waals surface area contributed by atoms with Gasteiger partial charge in [0.1, 0.15) is 5.84 Å². The van der Waals surface area contributed by atoms with Gasteiger partial charge in [0.05, 0.1) is 6.08 Å². The molecule has 0 aromatic rings. The maximum atomic E-state index is 10.6. The van der Waals surface area contributed by atoms with Crippen molar-refractivity contribution >= 4 is 17.8 Å². The molecule has 0 aromatic heterocycles. The summed E-state index contributed by atoms with van der Waals surface area (Å²) in [5, 5.41) is 23.7. The molecule has 0 bridgehead atoms. The van der Waals surface area contributed by atoms with Gasteiger partial charge in [0.25, 0.3) is 0 Å². The molecule has 0 radical (unpaired) electrons. The number of carboxylic acids is 2. The number of hydrogen-bond donors (Lipinski definition) is 3. The molecule has 3 N–H and O–H groups in total. The van der Waals surface area contributed by atoms with Gasteiger partial charge in [-0.15, -0.1) is 0 Å². The van der Waals surface area contributed by atoms with Gasteiger partial charge < -0.3 is 20.4 Å². The summed E-state index contributed by atoms with van der Waals surface area (Å²) < 4.78 is 0. The van der Waals surface area contributed by atoms with Gasteiger partial charge in [-0.25, -0.2) is 9.59 Å². The maximum absolute atomic E-state index is 10.6. The molecule has 1 aliphatic rings. The topological polar surface area (TPSA) is 108 Å². The van der Waals surface area contributed by atoms with Crippen LogP contribution in [0.3, 0.4) is 0 Å². The Morgan fingerprint density at radius 2 is 2.06 bits per heavy atom. The highest BCUT2D eigenvalue weighted by Crippen LogP contribution is 2.06. The highest BCUT2D eigenvalue weighted by atomic mass is 16.6. The molecule has 0 saturated carbocycles. The molecule has 0 unspecified atom stereocenters. The molecular formula is C10H14N2O5. The van der Waals surface area contributed by atoms with E-state index in [0.717, 1.165) is 25.8 Å². The van der Waals surface area contributed by atoms with Crippen LogP contribution in [0.1, 0.15) is 25.7 Å². The number of amidine groups is 1. The molecule has 0 aromatic carbocycles. The van der Waals surface area contributed by atoms with Crippen LogP contribution >= 0.6 is 0 Å². The molecule has 0 atom stereocenters. The lowest BCUT2D eigenvalue weighted by molar-refractivity contribution is -0.138. The van der Waals surface area contributed by atoms with Crippen LogP contribution in [0, 0.1) is 0 Å². The van der Waals surface area contributed by atoms with Gasteiger partial charge in [0, 0.05) is 13.0 Å². The number of oxime groups is 1. The van der Waals surface area contributed by atoms with E-state index < -0.39 is 17.7 Å². The van der Waals surface area contributed by atoms with Gasteiger partial charge >= 0.3 is 11.9 Å². The molecule has 7 nitrogen and oxygen atoms in total. The minimum Gasteiger partial charge on any atom is -0.478 e. The molecule has 1 heterocycles. The van der Waals surface area contributed by atoms with Crippen molar-refractivity contribution in [1.29, 1.82) is 0 Å². The van der Waals surface area contributed by atoms with E-state index in [1.165, 1.54) is 0 Å². The predicted molar refractivity (Wildman–Crippen MR) is 58.3 cm³/mol. The molecule has 1 aliphatic heterocycles. The van der Waals surface area contributed by atoms with Crippen molar-refractivity contribution < 1.29 is 24.6 Å². The molecule has 7 heteroatoms. The van der Waals surface area contributed by atoms with Gasteiger partial charge in [0.2, 0.25) is 5.76 Å². The van der Waals surface area contributed by atoms with Crippen molar-refractivity contribution in [2.75, 3.05) is 6.54 Å². The summed E-state index contributed by atoms with van der Waals surface area (Å²) in [6.45, 7) is 0.757. The van der Waals surface area contributed by atoms with Crippen molar-refractivity contribution in [2.24, 2.45) is 5.16 Å². The smallest absolute Gasteiger partial charge is 0.374 e. The van der Waals surface area contributed by atoms with Crippen LogP contribution in [0.5, 0.6) is 0 Å². The van der Waals surface area contributed by atoms with E-state index in [4.69, 9.17) is 10.2 Å². The van der Waals surface area contributed by atoms with Gasteiger partial charge in [-0.3, -0.25) is 0 Å². The normalized spacial score (nSPS) is 19.3. The van der Waals surface area contributed by atoms with Crippen LogP contribution in [-0.2, 0) is 14.4 Å². The monoisotopic (exact) mass is 242 g/mol. The summed E-state index contributed by atoms with van der Waals surface area (Å²) in [5.74, 6) is -3.03. The van der Waals surface area contributed by atoms with Gasteiger partial charge in [-0.2, -0.15) is 0 Å². The summed E-state index contributed by atoms with van der Waals surface area (Å²) in [5.41, 5.74) is 0. The summed E-state index contributed by atoms with van der Waals surface area (Å²) in [6.07, 6.45) is 4.17. The first-order valence-electron chi connectivity index (χ1n) is 5.25. The highest BCUT2D eigenvalue weighted by molar-refractivity contribution is 5.93. The molecule has 0 amide bonds. The maximum Gasteiger partial charge on any atom is 0.374 e. The number of carboxylic acid groups (broad SMARTS) is 2. The van der Waals surface area contributed by atoms with Crippen molar-refractivity contribution in [3.05, 3.63) is 11.8 Å². The molecule has 0 spiro atoms. The molecule has 17 heavy (non-hydrogen) atoms. The zero-order valence-corrected chi connectivity index (χ0v) is 9.18. The summed E-state index contributed by atoms with van der Waals surface area (Å²) in [4.78, 5) is 25.6. The second-order valence-corrected chi connectivity index (χ2v) is 3.52. The molecule has 1 fully saturated rings. The minimum absolute atomic E-state index is 0.461. The summed E-state index contributed by atoms with van der Waals surface area (Å²) in [7, 11) is 0. The molecule has 0 aliphatic carbocycles. The van der Waals surface area contributed by atoms with Gasteiger partial charge in [-0.1, -0.05) is 11.6 Å². The molecular weight excluding hydrogens is 228 g/mol. The highest BCUT2D eigenvalue weighted by Gasteiger charge is 2.13. The molecule has 1 rings (SSSR count). The predicted octanol–water partition coefficient (Wildman–Crippen LogP) is 0.533. The first kappa shape index (κ1) is 13.0. The summed E-state index contributed by atoms with van der Waals surface area (Å²) in [6, 6.07) is 0. The Morgan fingerprint density at radius 3 is 2.71 bits per heavy atom. The lowest BCUT2D eigenvalue weighted by atomic mass is 10.2. The van der Waals surface area contributed by atoms with E-state index in [2.05, 4.69) is 15.3 Å². The van der Waals surface area contributed by atoms with Crippen LogP contribution in [-0.4, -0.2) is 34.5 Å². The number of carbonyl (C=O) groups is 2. The second kappa shape index (κ2) is 6.51. The number of nitrogens with zero attached hydrogens (tertiary/aromatic N) is 1. The van der Waals surface area contributed by atoms with Crippen LogP contribution in [0.4, 0.5) is 0 Å². The van der Waals surface area contributed by atoms with E-state index in [1.54, 1.807) is 0 Å². The number of rotatable bonds is 4.